The zero-order valence-electron chi connectivity index (χ0n) is 11.9. The van der Waals surface area contributed by atoms with Gasteiger partial charge in [-0.1, -0.05) is 11.6 Å². The zero-order chi connectivity index (χ0) is 14.7. The van der Waals surface area contributed by atoms with Crippen molar-refractivity contribution in [1.82, 2.24) is 15.6 Å². The lowest BCUT2D eigenvalue weighted by Crippen LogP contribution is -2.35. The van der Waals surface area contributed by atoms with Crippen LogP contribution in [0.5, 0.6) is 5.88 Å². The summed E-state index contributed by atoms with van der Waals surface area (Å²) in [5, 5.41) is 6.89. The fraction of sp³-hybridized carbons (Fsp3) is 0.600. The van der Waals surface area contributed by atoms with E-state index in [-0.39, 0.29) is 17.2 Å². The molecular formula is C15H20ClN3O2. The molecule has 1 aromatic heterocycles. The van der Waals surface area contributed by atoms with Crippen LogP contribution in [-0.4, -0.2) is 37.1 Å². The van der Waals surface area contributed by atoms with E-state index in [2.05, 4.69) is 15.6 Å². The Morgan fingerprint density at radius 2 is 2.29 bits per heavy atom. The van der Waals surface area contributed by atoms with Crippen molar-refractivity contribution in [2.45, 2.75) is 19.3 Å². The maximum absolute atomic E-state index is 12.1. The van der Waals surface area contributed by atoms with Crippen molar-refractivity contribution in [3.63, 3.8) is 0 Å². The van der Waals surface area contributed by atoms with Gasteiger partial charge in [0.15, 0.2) is 0 Å². The summed E-state index contributed by atoms with van der Waals surface area (Å²) < 4.78 is 5.45. The lowest BCUT2D eigenvalue weighted by molar-refractivity contribution is -0.123. The number of ether oxygens (including phenoxy) is 1. The maximum atomic E-state index is 12.1. The highest BCUT2D eigenvalue weighted by Gasteiger charge is 2.57. The van der Waals surface area contributed by atoms with Crippen LogP contribution in [0.25, 0.3) is 0 Å². The summed E-state index contributed by atoms with van der Waals surface area (Å²) in [7, 11) is 0. The van der Waals surface area contributed by atoms with Gasteiger partial charge in [-0.3, -0.25) is 4.79 Å². The van der Waals surface area contributed by atoms with E-state index in [0.29, 0.717) is 24.1 Å². The zero-order valence-corrected chi connectivity index (χ0v) is 12.7. The molecular weight excluding hydrogens is 290 g/mol. The van der Waals surface area contributed by atoms with Gasteiger partial charge in [-0.25, -0.2) is 4.98 Å². The minimum Gasteiger partial charge on any atom is -0.476 e. The number of nitrogens with zero attached hydrogens (tertiary/aromatic N) is 1. The van der Waals surface area contributed by atoms with Crippen molar-refractivity contribution in [3.8, 4) is 5.88 Å². The number of piperidine rings is 1. The number of hydrogen-bond donors (Lipinski definition) is 2. The Morgan fingerprint density at radius 3 is 3.00 bits per heavy atom. The van der Waals surface area contributed by atoms with Gasteiger partial charge >= 0.3 is 0 Å². The first-order valence-electron chi connectivity index (χ1n) is 7.42. The molecule has 114 valence electrons. The van der Waals surface area contributed by atoms with E-state index in [0.717, 1.165) is 32.4 Å². The van der Waals surface area contributed by atoms with Crippen molar-refractivity contribution in [2.24, 2.45) is 11.3 Å². The summed E-state index contributed by atoms with van der Waals surface area (Å²) in [6, 6.07) is 3.45. The number of aromatic nitrogens is 1. The Balaban J connectivity index is 1.36. The van der Waals surface area contributed by atoms with Crippen LogP contribution < -0.4 is 15.4 Å². The standard InChI is InChI=1S/C15H20ClN3O2/c16-11-1-2-13(19-10-11)21-8-7-18-14(20)12-9-15(12)3-5-17-6-4-15/h1-2,10,12,17H,3-9H2,(H,18,20). The highest BCUT2D eigenvalue weighted by molar-refractivity contribution is 6.30. The molecule has 1 saturated carbocycles. The van der Waals surface area contributed by atoms with Gasteiger partial charge in [0.1, 0.15) is 6.61 Å². The van der Waals surface area contributed by atoms with Crippen LogP contribution in [-0.2, 0) is 4.79 Å². The van der Waals surface area contributed by atoms with E-state index in [1.54, 1.807) is 18.3 Å². The molecule has 1 aliphatic heterocycles. The molecule has 1 spiro atoms. The molecule has 3 rings (SSSR count). The number of amides is 1. The second kappa shape index (κ2) is 6.20. The predicted molar refractivity (Wildman–Crippen MR) is 80.4 cm³/mol. The second-order valence-corrected chi connectivity index (χ2v) is 6.26. The summed E-state index contributed by atoms with van der Waals surface area (Å²) in [4.78, 5) is 16.2. The molecule has 2 heterocycles. The van der Waals surface area contributed by atoms with E-state index in [4.69, 9.17) is 16.3 Å². The summed E-state index contributed by atoms with van der Waals surface area (Å²) in [6.45, 7) is 3.00. The molecule has 1 unspecified atom stereocenters. The Bertz CT molecular complexity index is 500. The third-order valence-electron chi connectivity index (χ3n) is 4.46. The minimum absolute atomic E-state index is 0.171. The molecule has 0 radical (unpaired) electrons. The van der Waals surface area contributed by atoms with Crippen LogP contribution in [0.15, 0.2) is 18.3 Å². The van der Waals surface area contributed by atoms with Crippen LogP contribution in [0, 0.1) is 11.3 Å². The Morgan fingerprint density at radius 1 is 1.48 bits per heavy atom. The fourth-order valence-corrected chi connectivity index (χ4v) is 3.21. The summed E-state index contributed by atoms with van der Waals surface area (Å²) in [6.07, 6.45) is 4.83. The van der Waals surface area contributed by atoms with Gasteiger partial charge in [0, 0.05) is 18.2 Å². The fourth-order valence-electron chi connectivity index (χ4n) is 3.10. The molecule has 21 heavy (non-hydrogen) atoms. The number of pyridine rings is 1. The Kier molecular flexibility index (Phi) is 4.31. The van der Waals surface area contributed by atoms with Crippen molar-refractivity contribution in [2.75, 3.05) is 26.2 Å². The normalized spacial score (nSPS) is 22.8. The molecule has 2 aliphatic rings. The topological polar surface area (TPSA) is 63.2 Å². The highest BCUT2D eigenvalue weighted by atomic mass is 35.5. The largest absolute Gasteiger partial charge is 0.476 e. The van der Waals surface area contributed by atoms with Crippen LogP contribution in [0.3, 0.4) is 0 Å². The summed E-state index contributed by atoms with van der Waals surface area (Å²) >= 11 is 5.75. The Hall–Kier alpha value is -1.33. The smallest absolute Gasteiger partial charge is 0.223 e. The molecule has 1 aliphatic carbocycles. The summed E-state index contributed by atoms with van der Waals surface area (Å²) in [5.74, 6) is 0.896. The molecule has 6 heteroatoms. The first-order valence-corrected chi connectivity index (χ1v) is 7.80. The number of rotatable bonds is 5. The van der Waals surface area contributed by atoms with E-state index < -0.39 is 0 Å². The lowest BCUT2D eigenvalue weighted by Gasteiger charge is -2.23. The number of carbonyl (C=O) groups excluding carboxylic acids is 1. The lowest BCUT2D eigenvalue weighted by atomic mass is 9.92. The van der Waals surface area contributed by atoms with Gasteiger partial charge in [-0.2, -0.15) is 0 Å². The van der Waals surface area contributed by atoms with Crippen molar-refractivity contribution in [3.05, 3.63) is 23.4 Å². The quantitative estimate of drug-likeness (QED) is 0.811. The second-order valence-electron chi connectivity index (χ2n) is 5.82. The van der Waals surface area contributed by atoms with Crippen LogP contribution in [0.1, 0.15) is 19.3 Å². The number of halogens is 1. The van der Waals surface area contributed by atoms with E-state index in [1.165, 1.54) is 0 Å². The van der Waals surface area contributed by atoms with Crippen molar-refractivity contribution >= 4 is 17.5 Å². The first kappa shape index (κ1) is 14.6. The van der Waals surface area contributed by atoms with Crippen LogP contribution in [0.2, 0.25) is 5.02 Å². The third-order valence-corrected chi connectivity index (χ3v) is 4.68. The van der Waals surface area contributed by atoms with E-state index in [9.17, 15) is 4.79 Å². The molecule has 0 aromatic carbocycles. The molecule has 0 bridgehead atoms. The number of carbonyl (C=O) groups is 1. The molecule has 5 nitrogen and oxygen atoms in total. The van der Waals surface area contributed by atoms with Gasteiger partial charge in [0.2, 0.25) is 11.8 Å². The van der Waals surface area contributed by atoms with Gasteiger partial charge in [-0.15, -0.1) is 0 Å². The van der Waals surface area contributed by atoms with Crippen molar-refractivity contribution in [1.29, 1.82) is 0 Å². The van der Waals surface area contributed by atoms with E-state index in [1.807, 2.05) is 0 Å². The minimum atomic E-state index is 0.171. The average molecular weight is 310 g/mol. The van der Waals surface area contributed by atoms with Gasteiger partial charge in [-0.05, 0) is 43.8 Å². The molecule has 1 atom stereocenters. The average Bonchev–Trinajstić information content (AvgIpc) is 3.19. The molecule has 1 saturated heterocycles. The monoisotopic (exact) mass is 309 g/mol. The molecule has 2 fully saturated rings. The third kappa shape index (κ3) is 3.47. The van der Waals surface area contributed by atoms with Gasteiger partial charge in [0.05, 0.1) is 11.6 Å². The van der Waals surface area contributed by atoms with Crippen LogP contribution >= 0.6 is 11.6 Å². The molecule has 2 N–H and O–H groups in total. The van der Waals surface area contributed by atoms with Gasteiger partial charge < -0.3 is 15.4 Å². The van der Waals surface area contributed by atoms with Gasteiger partial charge in [0.25, 0.3) is 0 Å². The highest BCUT2D eigenvalue weighted by Crippen LogP contribution is 2.58. The first-order chi connectivity index (χ1) is 10.2. The van der Waals surface area contributed by atoms with Crippen LogP contribution in [0.4, 0.5) is 0 Å². The number of hydrogen-bond acceptors (Lipinski definition) is 4. The number of nitrogens with one attached hydrogen (secondary N) is 2. The molecule has 1 aromatic rings. The van der Waals surface area contributed by atoms with E-state index >= 15 is 0 Å². The van der Waals surface area contributed by atoms with Crippen molar-refractivity contribution < 1.29 is 9.53 Å². The SMILES string of the molecule is O=C(NCCOc1ccc(Cl)cn1)C1CC12CCNCC2. The predicted octanol–water partition coefficient (Wildman–Crippen LogP) is 1.62. The Labute approximate surface area is 129 Å². The molecule has 1 amide bonds. The maximum Gasteiger partial charge on any atom is 0.223 e. The summed E-state index contributed by atoms with van der Waals surface area (Å²) in [5.41, 5.74) is 0.286.